The molecule has 0 bridgehead atoms. The molecule has 4 nitrogen and oxygen atoms in total. The number of hydrogen-bond donors (Lipinski definition) is 1. The average molecular weight is 352 g/mol. The van der Waals surface area contributed by atoms with Crippen molar-refractivity contribution in [3.8, 4) is 0 Å². The lowest BCUT2D eigenvalue weighted by Crippen LogP contribution is -2.52. The monoisotopic (exact) mass is 352 g/mol. The minimum Gasteiger partial charge on any atom is -0.342 e. The summed E-state index contributed by atoms with van der Waals surface area (Å²) in [6.07, 6.45) is 1.06. The molecule has 4 rings (SSSR count). The molecule has 0 unspecified atom stereocenters. The van der Waals surface area contributed by atoms with Crippen LogP contribution in [-0.2, 0) is 9.59 Å². The van der Waals surface area contributed by atoms with Gasteiger partial charge < -0.3 is 10.2 Å². The number of fused-ring (bicyclic) bond motifs is 1. The van der Waals surface area contributed by atoms with Gasteiger partial charge in [0.1, 0.15) is 0 Å². The lowest BCUT2D eigenvalue weighted by molar-refractivity contribution is -0.136. The van der Waals surface area contributed by atoms with Crippen LogP contribution in [0.15, 0.2) is 60.7 Å². The zero-order chi connectivity index (χ0) is 17.3. The van der Waals surface area contributed by atoms with Crippen molar-refractivity contribution in [3.63, 3.8) is 0 Å². The van der Waals surface area contributed by atoms with Gasteiger partial charge in [-0.25, -0.2) is 0 Å². The second-order valence-electron chi connectivity index (χ2n) is 6.41. The molecular formula is C20H20N2O2S. The molecule has 1 atom stereocenters. The van der Waals surface area contributed by atoms with E-state index in [-0.39, 0.29) is 17.9 Å². The van der Waals surface area contributed by atoms with E-state index in [1.165, 1.54) is 0 Å². The highest BCUT2D eigenvalue weighted by molar-refractivity contribution is 8.01. The van der Waals surface area contributed by atoms with E-state index in [4.69, 9.17) is 0 Å². The second-order valence-corrected chi connectivity index (χ2v) is 7.78. The molecule has 25 heavy (non-hydrogen) atoms. The van der Waals surface area contributed by atoms with Crippen LogP contribution in [-0.4, -0.2) is 33.9 Å². The predicted molar refractivity (Wildman–Crippen MR) is 99.0 cm³/mol. The third-order valence-electron chi connectivity index (χ3n) is 4.97. The summed E-state index contributed by atoms with van der Waals surface area (Å²) in [4.78, 5) is 26.4. The molecule has 2 heterocycles. The SMILES string of the molecule is O=C1CC[C@@]2(C(=O)NC(c3ccccc3)c3ccccc3)SCCN12. The molecule has 1 N–H and O–H groups in total. The van der Waals surface area contributed by atoms with Gasteiger partial charge in [0.05, 0.1) is 6.04 Å². The highest BCUT2D eigenvalue weighted by atomic mass is 32.2. The predicted octanol–water partition coefficient (Wildman–Crippen LogP) is 2.96. The first-order valence-electron chi connectivity index (χ1n) is 8.56. The zero-order valence-electron chi connectivity index (χ0n) is 13.9. The van der Waals surface area contributed by atoms with Crippen molar-refractivity contribution in [3.05, 3.63) is 71.8 Å². The van der Waals surface area contributed by atoms with E-state index < -0.39 is 4.87 Å². The lowest BCUT2D eigenvalue weighted by atomic mass is 9.98. The third kappa shape index (κ3) is 2.82. The summed E-state index contributed by atoms with van der Waals surface area (Å²) in [5, 5.41) is 3.22. The highest BCUT2D eigenvalue weighted by Crippen LogP contribution is 2.45. The number of nitrogens with one attached hydrogen (secondary N) is 1. The molecular weight excluding hydrogens is 332 g/mol. The molecule has 2 amide bonds. The maximum Gasteiger partial charge on any atom is 0.257 e. The topological polar surface area (TPSA) is 49.4 Å². The third-order valence-corrected chi connectivity index (χ3v) is 6.44. The first kappa shape index (κ1) is 16.2. The molecule has 2 aliphatic rings. The first-order chi connectivity index (χ1) is 12.2. The Labute approximate surface area is 151 Å². The van der Waals surface area contributed by atoms with Crippen molar-refractivity contribution >= 4 is 23.6 Å². The van der Waals surface area contributed by atoms with Crippen molar-refractivity contribution in [2.24, 2.45) is 0 Å². The fourth-order valence-corrected chi connectivity index (χ4v) is 5.10. The van der Waals surface area contributed by atoms with E-state index in [0.29, 0.717) is 19.4 Å². The van der Waals surface area contributed by atoms with E-state index in [0.717, 1.165) is 16.9 Å². The Morgan fingerprint density at radius 1 is 1.04 bits per heavy atom. The molecule has 2 saturated heterocycles. The van der Waals surface area contributed by atoms with Gasteiger partial charge in [0, 0.05) is 18.7 Å². The van der Waals surface area contributed by atoms with E-state index >= 15 is 0 Å². The van der Waals surface area contributed by atoms with Crippen molar-refractivity contribution in [2.45, 2.75) is 23.8 Å². The Morgan fingerprint density at radius 2 is 1.64 bits per heavy atom. The number of thioether (sulfide) groups is 1. The minimum absolute atomic E-state index is 0.0569. The Hall–Kier alpha value is -2.27. The number of nitrogens with zero attached hydrogens (tertiary/aromatic N) is 1. The van der Waals surface area contributed by atoms with Crippen LogP contribution in [0.4, 0.5) is 0 Å². The Balaban J connectivity index is 1.65. The summed E-state index contributed by atoms with van der Waals surface area (Å²) in [6, 6.07) is 19.7. The van der Waals surface area contributed by atoms with Crippen LogP contribution in [0.25, 0.3) is 0 Å². The number of hydrogen-bond acceptors (Lipinski definition) is 3. The van der Waals surface area contributed by atoms with E-state index in [9.17, 15) is 9.59 Å². The fourth-order valence-electron chi connectivity index (χ4n) is 3.70. The molecule has 2 aromatic rings. The van der Waals surface area contributed by atoms with E-state index in [2.05, 4.69) is 5.32 Å². The number of carbonyl (C=O) groups excluding carboxylic acids is 2. The molecule has 5 heteroatoms. The zero-order valence-corrected chi connectivity index (χ0v) is 14.7. The molecule has 2 fully saturated rings. The van der Waals surface area contributed by atoms with Crippen LogP contribution in [0.1, 0.15) is 30.0 Å². The van der Waals surface area contributed by atoms with Crippen LogP contribution in [0.2, 0.25) is 0 Å². The molecule has 0 aliphatic carbocycles. The Morgan fingerprint density at radius 3 is 2.24 bits per heavy atom. The quantitative estimate of drug-likeness (QED) is 0.920. The van der Waals surface area contributed by atoms with Gasteiger partial charge in [-0.1, -0.05) is 60.7 Å². The van der Waals surface area contributed by atoms with Crippen LogP contribution in [0, 0.1) is 0 Å². The van der Waals surface area contributed by atoms with Crippen molar-refractivity contribution < 1.29 is 9.59 Å². The molecule has 0 saturated carbocycles. The van der Waals surface area contributed by atoms with Crippen LogP contribution in [0.3, 0.4) is 0 Å². The second kappa shape index (κ2) is 6.56. The molecule has 2 aromatic carbocycles. The summed E-state index contributed by atoms with van der Waals surface area (Å²) < 4.78 is 0. The first-order valence-corrected chi connectivity index (χ1v) is 9.54. The minimum atomic E-state index is -0.723. The van der Waals surface area contributed by atoms with Gasteiger partial charge in [-0.2, -0.15) is 0 Å². The van der Waals surface area contributed by atoms with Gasteiger partial charge in [-0.3, -0.25) is 9.59 Å². The Kier molecular flexibility index (Phi) is 4.25. The van der Waals surface area contributed by atoms with Gasteiger partial charge in [0.15, 0.2) is 4.87 Å². The molecule has 128 valence electrons. The maximum absolute atomic E-state index is 13.2. The fraction of sp³-hybridized carbons (Fsp3) is 0.300. The van der Waals surface area contributed by atoms with E-state index in [1.54, 1.807) is 16.7 Å². The van der Waals surface area contributed by atoms with Crippen LogP contribution in [0.5, 0.6) is 0 Å². The average Bonchev–Trinajstić information content (AvgIpc) is 3.23. The van der Waals surface area contributed by atoms with Gasteiger partial charge in [0.2, 0.25) is 5.91 Å². The number of carbonyl (C=O) groups is 2. The molecule has 2 aliphatic heterocycles. The molecule has 0 radical (unpaired) electrons. The standard InChI is InChI=1S/C20H20N2O2S/c23-17-11-12-20(22(17)13-14-25-20)19(24)21-18(15-7-3-1-4-8-15)16-9-5-2-6-10-16/h1-10,18H,11-14H2,(H,21,24)/t20-/m0/s1. The van der Waals surface area contributed by atoms with E-state index in [1.807, 2.05) is 60.7 Å². The Bertz CT molecular complexity index is 741. The normalized spacial score (nSPS) is 22.3. The summed E-state index contributed by atoms with van der Waals surface area (Å²) in [6.45, 7) is 0.665. The smallest absolute Gasteiger partial charge is 0.257 e. The van der Waals surface area contributed by atoms with Gasteiger partial charge in [-0.05, 0) is 17.5 Å². The lowest BCUT2D eigenvalue weighted by Gasteiger charge is -2.32. The van der Waals surface area contributed by atoms with Crippen LogP contribution < -0.4 is 5.32 Å². The number of amides is 2. The molecule has 0 spiro atoms. The van der Waals surface area contributed by atoms with Gasteiger partial charge in [-0.15, -0.1) is 11.8 Å². The largest absolute Gasteiger partial charge is 0.342 e. The van der Waals surface area contributed by atoms with Crippen molar-refractivity contribution in [1.29, 1.82) is 0 Å². The maximum atomic E-state index is 13.2. The summed E-state index contributed by atoms with van der Waals surface area (Å²) in [5.74, 6) is 0.857. The molecule has 0 aromatic heterocycles. The summed E-state index contributed by atoms with van der Waals surface area (Å²) in [7, 11) is 0. The van der Waals surface area contributed by atoms with Gasteiger partial charge >= 0.3 is 0 Å². The number of rotatable bonds is 4. The highest BCUT2D eigenvalue weighted by Gasteiger charge is 2.54. The van der Waals surface area contributed by atoms with Crippen molar-refractivity contribution in [2.75, 3.05) is 12.3 Å². The van der Waals surface area contributed by atoms with Crippen molar-refractivity contribution in [1.82, 2.24) is 10.2 Å². The summed E-state index contributed by atoms with van der Waals surface area (Å²) >= 11 is 1.60. The summed E-state index contributed by atoms with van der Waals surface area (Å²) in [5.41, 5.74) is 2.08. The van der Waals surface area contributed by atoms with Gasteiger partial charge in [0.25, 0.3) is 5.91 Å². The van der Waals surface area contributed by atoms with Crippen LogP contribution >= 0.6 is 11.8 Å². The number of benzene rings is 2.